The first-order chi connectivity index (χ1) is 5.70. The zero-order valence-corrected chi connectivity index (χ0v) is 9.12. The summed E-state index contributed by atoms with van der Waals surface area (Å²) in [7, 11) is 0. The van der Waals surface area contributed by atoms with Crippen molar-refractivity contribution in [2.45, 2.75) is 13.5 Å². The van der Waals surface area contributed by atoms with Crippen LogP contribution in [0.1, 0.15) is 12.6 Å². The normalized spacial score (nSPS) is 8.14. The van der Waals surface area contributed by atoms with Crippen molar-refractivity contribution in [3.8, 4) is 0 Å². The van der Waals surface area contributed by atoms with Gasteiger partial charge in [-0.15, -0.1) is 24.8 Å². The minimum absolute atomic E-state index is 0. The average molecular weight is 241 g/mol. The van der Waals surface area contributed by atoms with E-state index in [4.69, 9.17) is 0 Å². The number of halogens is 3. The van der Waals surface area contributed by atoms with Gasteiger partial charge in [0.2, 0.25) is 5.91 Å². The summed E-state index contributed by atoms with van der Waals surface area (Å²) in [5.74, 6) is -0.591. The van der Waals surface area contributed by atoms with E-state index in [-0.39, 0.29) is 43.0 Å². The molecule has 1 heterocycles. The van der Waals surface area contributed by atoms with Gasteiger partial charge in [-0.3, -0.25) is 9.78 Å². The third kappa shape index (κ3) is 4.99. The molecule has 0 radical (unpaired) electrons. The Morgan fingerprint density at radius 3 is 2.71 bits per heavy atom. The SMILES string of the molecule is CC(=O)NCc1ncccc1F.Cl.Cl. The molecule has 6 heteroatoms. The van der Waals surface area contributed by atoms with Gasteiger partial charge in [-0.25, -0.2) is 4.39 Å². The van der Waals surface area contributed by atoms with Crippen molar-refractivity contribution in [3.63, 3.8) is 0 Å². The van der Waals surface area contributed by atoms with Crippen molar-refractivity contribution in [3.05, 3.63) is 29.8 Å². The predicted molar refractivity (Wildman–Crippen MR) is 56.2 cm³/mol. The Bertz CT molecular complexity index is 296. The molecule has 0 aliphatic carbocycles. The topological polar surface area (TPSA) is 42.0 Å². The minimum Gasteiger partial charge on any atom is -0.351 e. The van der Waals surface area contributed by atoms with Crippen molar-refractivity contribution in [2.75, 3.05) is 0 Å². The molecule has 3 nitrogen and oxygen atoms in total. The maximum Gasteiger partial charge on any atom is 0.217 e. The fraction of sp³-hybridized carbons (Fsp3) is 0.250. The first-order valence-corrected chi connectivity index (χ1v) is 3.54. The standard InChI is InChI=1S/C8H9FN2O.2ClH/c1-6(12)11-5-8-7(9)3-2-4-10-8;;/h2-4H,5H2,1H3,(H,11,12);2*1H. The fourth-order valence-electron chi connectivity index (χ4n) is 0.757. The van der Waals surface area contributed by atoms with Gasteiger partial charge in [0.05, 0.1) is 12.2 Å². The first kappa shape index (κ1) is 15.6. The molecule has 0 fully saturated rings. The van der Waals surface area contributed by atoms with E-state index in [0.29, 0.717) is 0 Å². The van der Waals surface area contributed by atoms with Crippen molar-refractivity contribution >= 4 is 30.7 Å². The van der Waals surface area contributed by atoms with Crippen LogP contribution in [-0.4, -0.2) is 10.9 Å². The molecule has 80 valence electrons. The van der Waals surface area contributed by atoms with Gasteiger partial charge >= 0.3 is 0 Å². The highest BCUT2D eigenvalue weighted by Gasteiger charge is 2.01. The van der Waals surface area contributed by atoms with Crippen LogP contribution in [0.3, 0.4) is 0 Å². The van der Waals surface area contributed by atoms with Crippen LogP contribution in [0, 0.1) is 5.82 Å². The highest BCUT2D eigenvalue weighted by Crippen LogP contribution is 2.00. The van der Waals surface area contributed by atoms with E-state index < -0.39 is 5.82 Å². The third-order valence-electron chi connectivity index (χ3n) is 1.34. The molecule has 0 unspecified atom stereocenters. The van der Waals surface area contributed by atoms with E-state index in [1.54, 1.807) is 0 Å². The second-order valence-corrected chi connectivity index (χ2v) is 2.34. The number of nitrogens with one attached hydrogen (secondary N) is 1. The van der Waals surface area contributed by atoms with E-state index in [9.17, 15) is 9.18 Å². The minimum atomic E-state index is -0.397. The number of hydrogen-bond acceptors (Lipinski definition) is 2. The fourth-order valence-corrected chi connectivity index (χ4v) is 0.757. The molecule has 1 amide bonds. The molecular weight excluding hydrogens is 230 g/mol. The lowest BCUT2D eigenvalue weighted by Crippen LogP contribution is -2.20. The molecule has 0 aromatic carbocycles. The van der Waals surface area contributed by atoms with E-state index in [0.717, 1.165) is 0 Å². The first-order valence-electron chi connectivity index (χ1n) is 3.54. The molecule has 0 atom stereocenters. The number of amides is 1. The lowest BCUT2D eigenvalue weighted by molar-refractivity contribution is -0.119. The van der Waals surface area contributed by atoms with Crippen molar-refractivity contribution < 1.29 is 9.18 Å². The largest absolute Gasteiger partial charge is 0.351 e. The number of hydrogen-bond donors (Lipinski definition) is 1. The smallest absolute Gasteiger partial charge is 0.217 e. The monoisotopic (exact) mass is 240 g/mol. The Morgan fingerprint density at radius 2 is 2.21 bits per heavy atom. The molecule has 1 rings (SSSR count). The molecule has 1 aromatic rings. The Labute approximate surface area is 93.9 Å². The molecule has 1 aromatic heterocycles. The van der Waals surface area contributed by atoms with Crippen LogP contribution in [0.25, 0.3) is 0 Å². The molecule has 0 aliphatic heterocycles. The molecule has 0 aliphatic rings. The Hall–Kier alpha value is -0.870. The van der Waals surface area contributed by atoms with Crippen molar-refractivity contribution in [2.24, 2.45) is 0 Å². The van der Waals surface area contributed by atoms with E-state index >= 15 is 0 Å². The molecular formula is C8H11Cl2FN2O. The number of nitrogens with zero attached hydrogens (tertiary/aromatic N) is 1. The van der Waals surface area contributed by atoms with Crippen LogP contribution in [0.2, 0.25) is 0 Å². The predicted octanol–water partition coefficient (Wildman–Crippen LogP) is 1.70. The van der Waals surface area contributed by atoms with Crippen molar-refractivity contribution in [1.29, 1.82) is 0 Å². The summed E-state index contributed by atoms with van der Waals surface area (Å²) in [6.45, 7) is 1.52. The lowest BCUT2D eigenvalue weighted by Gasteiger charge is -2.01. The molecule has 1 N–H and O–H groups in total. The van der Waals surface area contributed by atoms with Gasteiger partial charge in [-0.05, 0) is 12.1 Å². The number of carbonyl (C=O) groups is 1. The summed E-state index contributed by atoms with van der Waals surface area (Å²) in [6, 6.07) is 2.82. The van der Waals surface area contributed by atoms with Crippen molar-refractivity contribution in [1.82, 2.24) is 10.3 Å². The highest BCUT2D eigenvalue weighted by molar-refractivity contribution is 5.85. The summed E-state index contributed by atoms with van der Waals surface area (Å²) in [5.41, 5.74) is 0.257. The maximum atomic E-state index is 12.8. The summed E-state index contributed by atoms with van der Waals surface area (Å²) >= 11 is 0. The van der Waals surface area contributed by atoms with E-state index in [1.165, 1.54) is 25.3 Å². The third-order valence-corrected chi connectivity index (χ3v) is 1.34. The number of carbonyl (C=O) groups excluding carboxylic acids is 1. The molecule has 0 bridgehead atoms. The lowest BCUT2D eigenvalue weighted by atomic mass is 10.3. The molecule has 0 spiro atoms. The summed E-state index contributed by atoms with van der Waals surface area (Å²) in [4.78, 5) is 14.2. The van der Waals surface area contributed by atoms with Gasteiger partial charge < -0.3 is 5.32 Å². The summed E-state index contributed by atoms with van der Waals surface area (Å²) < 4.78 is 12.8. The summed E-state index contributed by atoms with van der Waals surface area (Å²) in [5, 5.41) is 2.46. The maximum absolute atomic E-state index is 12.8. The van der Waals surface area contributed by atoms with Crippen LogP contribution in [-0.2, 0) is 11.3 Å². The zero-order valence-electron chi connectivity index (χ0n) is 7.49. The zero-order chi connectivity index (χ0) is 8.97. The van der Waals surface area contributed by atoms with Crippen LogP contribution in [0.5, 0.6) is 0 Å². The highest BCUT2D eigenvalue weighted by atomic mass is 35.5. The van der Waals surface area contributed by atoms with Gasteiger partial charge in [-0.2, -0.15) is 0 Å². The quantitative estimate of drug-likeness (QED) is 0.856. The summed E-state index contributed by atoms with van der Waals surface area (Å²) in [6.07, 6.45) is 1.49. The van der Waals surface area contributed by atoms with Crippen LogP contribution < -0.4 is 5.32 Å². The number of pyridine rings is 1. The van der Waals surface area contributed by atoms with Gasteiger partial charge in [0.1, 0.15) is 5.82 Å². The Balaban J connectivity index is 0. The number of rotatable bonds is 2. The van der Waals surface area contributed by atoms with Gasteiger partial charge in [0.25, 0.3) is 0 Å². The van der Waals surface area contributed by atoms with Gasteiger partial charge in [0.15, 0.2) is 0 Å². The molecule has 14 heavy (non-hydrogen) atoms. The second-order valence-electron chi connectivity index (χ2n) is 2.34. The van der Waals surface area contributed by atoms with Crippen LogP contribution >= 0.6 is 24.8 Å². The van der Waals surface area contributed by atoms with Crippen LogP contribution in [0.15, 0.2) is 18.3 Å². The Morgan fingerprint density at radius 1 is 1.57 bits per heavy atom. The van der Waals surface area contributed by atoms with E-state index in [1.807, 2.05) is 0 Å². The molecule has 0 saturated carbocycles. The second kappa shape index (κ2) is 7.53. The van der Waals surface area contributed by atoms with Gasteiger partial charge in [0, 0.05) is 13.1 Å². The van der Waals surface area contributed by atoms with Gasteiger partial charge in [-0.1, -0.05) is 0 Å². The van der Waals surface area contributed by atoms with E-state index in [2.05, 4.69) is 10.3 Å². The average Bonchev–Trinajstić information content (AvgIpc) is 2.03. The molecule has 0 saturated heterocycles. The van der Waals surface area contributed by atoms with Crippen LogP contribution in [0.4, 0.5) is 4.39 Å². The number of aromatic nitrogens is 1. The Kier molecular flexibility index (Phi) is 8.38.